The van der Waals surface area contributed by atoms with E-state index in [1.54, 1.807) is 12.5 Å². The average Bonchev–Trinajstić information content (AvgIpc) is 3.32. The molecule has 0 spiro atoms. The Hall–Kier alpha value is -3.94. The number of oxazole rings is 1. The smallest absolute Gasteiger partial charge is 0.292 e. The molecule has 35 heavy (non-hydrogen) atoms. The maximum absolute atomic E-state index is 14.2. The molecule has 0 radical (unpaired) electrons. The third-order valence-electron chi connectivity index (χ3n) is 7.08. The molecule has 0 saturated heterocycles. The van der Waals surface area contributed by atoms with Crippen LogP contribution in [0.1, 0.15) is 82.4 Å². The summed E-state index contributed by atoms with van der Waals surface area (Å²) in [6.45, 7) is 0.568. The number of hydrogen-bond acceptors (Lipinski definition) is 6. The van der Waals surface area contributed by atoms with E-state index in [2.05, 4.69) is 27.1 Å². The van der Waals surface area contributed by atoms with Gasteiger partial charge in [0.1, 0.15) is 23.3 Å². The second-order valence-electron chi connectivity index (χ2n) is 9.47. The number of rotatable bonds is 4. The van der Waals surface area contributed by atoms with Crippen LogP contribution in [0.15, 0.2) is 51.7 Å². The first kappa shape index (κ1) is 20.4. The van der Waals surface area contributed by atoms with Crippen LogP contribution in [0.3, 0.4) is 0 Å². The lowest BCUT2D eigenvalue weighted by atomic mass is 10.0. The molecule has 8 nitrogen and oxygen atoms in total. The zero-order valence-corrected chi connectivity index (χ0v) is 19.2. The largest absolute Gasteiger partial charge is 0.459 e. The predicted molar refractivity (Wildman–Crippen MR) is 128 cm³/mol. The molecule has 8 heteroatoms. The molecular formula is C27H25N5O3. The molecule has 0 bridgehead atoms. The number of carbonyl (C=O) groups excluding carboxylic acids is 1. The Morgan fingerprint density at radius 2 is 2.06 bits per heavy atom. The number of aromatic nitrogens is 4. The number of pyridine rings is 1. The van der Waals surface area contributed by atoms with Crippen LogP contribution < -0.4 is 0 Å². The second-order valence-corrected chi connectivity index (χ2v) is 9.47. The van der Waals surface area contributed by atoms with Crippen molar-refractivity contribution >= 4 is 12.0 Å². The summed E-state index contributed by atoms with van der Waals surface area (Å²) in [4.78, 5) is 33.1. The summed E-state index contributed by atoms with van der Waals surface area (Å²) in [7, 11) is 0. The summed E-state index contributed by atoms with van der Waals surface area (Å²) >= 11 is 0. The van der Waals surface area contributed by atoms with Gasteiger partial charge in [-0.2, -0.15) is 0 Å². The average molecular weight is 468 g/mol. The highest BCUT2D eigenvalue weighted by atomic mass is 16.4. The van der Waals surface area contributed by atoms with Gasteiger partial charge in [0.25, 0.3) is 5.91 Å². The molecule has 1 atom stereocenters. The lowest BCUT2D eigenvalue weighted by molar-refractivity contribution is 0.0656. The first-order chi connectivity index (χ1) is 17.3. The summed E-state index contributed by atoms with van der Waals surface area (Å²) in [5, 5.41) is 0. The molecule has 4 aromatic rings. The van der Waals surface area contributed by atoms with E-state index in [0.29, 0.717) is 23.9 Å². The predicted octanol–water partition coefficient (Wildman–Crippen LogP) is 5.07. The maximum Gasteiger partial charge on any atom is 0.292 e. The standard InChI is InChI=1S/C27H25N5O3/c33-27(25-22(16-10-11-16)31-26(35-25)19-7-3-4-12-28-19)32-13-5-8-18-23(30-15-29-18)24(32)21-14-17-6-1-2-9-20(17)34-21/h2-4,7,9,12,14-16,24H,1,5-6,8,10-11,13H2,(H,29,30)/t24-/m0/s1. The van der Waals surface area contributed by atoms with Crippen LogP contribution >= 0.6 is 0 Å². The topological polar surface area (TPSA) is 101 Å². The maximum atomic E-state index is 14.2. The first-order valence-corrected chi connectivity index (χ1v) is 12.3. The van der Waals surface area contributed by atoms with Gasteiger partial charge in [-0.3, -0.25) is 9.78 Å². The fourth-order valence-electron chi connectivity index (χ4n) is 5.19. The SMILES string of the molecule is O=C(c1oc(-c2ccccn2)nc1C1CC1)N1CCCc2[nH]cnc2[C@@H]1c1cc2c(o1)C=CCC2. The molecule has 2 aliphatic carbocycles. The van der Waals surface area contributed by atoms with Crippen LogP contribution in [0.5, 0.6) is 0 Å². The second kappa shape index (κ2) is 8.08. The highest BCUT2D eigenvalue weighted by Crippen LogP contribution is 2.44. The minimum Gasteiger partial charge on any atom is -0.459 e. The molecular weight excluding hydrogens is 442 g/mol. The van der Waals surface area contributed by atoms with Crippen molar-refractivity contribution in [2.24, 2.45) is 0 Å². The van der Waals surface area contributed by atoms with E-state index in [0.717, 1.165) is 67.1 Å². The van der Waals surface area contributed by atoms with E-state index in [-0.39, 0.29) is 11.8 Å². The van der Waals surface area contributed by atoms with Gasteiger partial charge in [0.15, 0.2) is 0 Å². The van der Waals surface area contributed by atoms with E-state index in [9.17, 15) is 4.79 Å². The van der Waals surface area contributed by atoms with Crippen molar-refractivity contribution in [3.8, 4) is 11.6 Å². The van der Waals surface area contributed by atoms with Gasteiger partial charge in [0.2, 0.25) is 11.7 Å². The number of carbonyl (C=O) groups is 1. The first-order valence-electron chi connectivity index (χ1n) is 12.3. The molecule has 5 heterocycles. The summed E-state index contributed by atoms with van der Waals surface area (Å²) in [5.74, 6) is 2.39. The number of amides is 1. The fourth-order valence-corrected chi connectivity index (χ4v) is 5.19. The zero-order chi connectivity index (χ0) is 23.4. The summed E-state index contributed by atoms with van der Waals surface area (Å²) < 4.78 is 12.5. The van der Waals surface area contributed by atoms with Gasteiger partial charge in [-0.05, 0) is 68.4 Å². The van der Waals surface area contributed by atoms with Crippen LogP contribution in [0.4, 0.5) is 0 Å². The zero-order valence-electron chi connectivity index (χ0n) is 19.2. The van der Waals surface area contributed by atoms with E-state index in [4.69, 9.17) is 13.8 Å². The van der Waals surface area contributed by atoms with Crippen molar-refractivity contribution in [2.75, 3.05) is 6.54 Å². The van der Waals surface area contributed by atoms with Crippen LogP contribution in [-0.2, 0) is 12.8 Å². The lowest BCUT2D eigenvalue weighted by Crippen LogP contribution is -2.36. The molecule has 4 aromatic heterocycles. The van der Waals surface area contributed by atoms with E-state index in [1.165, 1.54) is 5.56 Å². The van der Waals surface area contributed by atoms with E-state index in [1.807, 2.05) is 29.2 Å². The normalized spacial score (nSPS) is 19.3. The number of imidazole rings is 1. The minimum atomic E-state index is -0.430. The minimum absolute atomic E-state index is 0.174. The summed E-state index contributed by atoms with van der Waals surface area (Å²) in [6.07, 6.45) is 13.2. The van der Waals surface area contributed by atoms with Gasteiger partial charge in [0, 0.05) is 24.4 Å². The number of hydrogen-bond donors (Lipinski definition) is 1. The number of aryl methyl sites for hydroxylation is 2. The van der Waals surface area contributed by atoms with Gasteiger partial charge in [0.05, 0.1) is 17.7 Å². The number of H-pyrrole nitrogens is 1. The van der Waals surface area contributed by atoms with Gasteiger partial charge in [-0.15, -0.1) is 0 Å². The molecule has 1 saturated carbocycles. The number of nitrogens with zero attached hydrogens (tertiary/aromatic N) is 4. The third-order valence-corrected chi connectivity index (χ3v) is 7.08. The Morgan fingerprint density at radius 1 is 1.11 bits per heavy atom. The van der Waals surface area contributed by atoms with E-state index >= 15 is 0 Å². The fraction of sp³-hybridized carbons (Fsp3) is 0.333. The van der Waals surface area contributed by atoms with Gasteiger partial charge in [-0.1, -0.05) is 12.1 Å². The molecule has 176 valence electrons. The van der Waals surface area contributed by atoms with Crippen LogP contribution in [0.2, 0.25) is 0 Å². The van der Waals surface area contributed by atoms with Gasteiger partial charge in [-0.25, -0.2) is 9.97 Å². The van der Waals surface area contributed by atoms with Crippen molar-refractivity contribution in [3.63, 3.8) is 0 Å². The van der Waals surface area contributed by atoms with E-state index < -0.39 is 6.04 Å². The number of furan rings is 1. The van der Waals surface area contributed by atoms with Crippen molar-refractivity contribution in [3.05, 3.63) is 82.8 Å². The van der Waals surface area contributed by atoms with Crippen molar-refractivity contribution in [1.29, 1.82) is 0 Å². The molecule has 1 N–H and O–H groups in total. The highest BCUT2D eigenvalue weighted by Gasteiger charge is 2.40. The Balaban J connectivity index is 1.33. The molecule has 1 fully saturated rings. The molecule has 3 aliphatic rings. The van der Waals surface area contributed by atoms with Gasteiger partial charge < -0.3 is 18.7 Å². The Kier molecular flexibility index (Phi) is 4.72. The number of allylic oxidation sites excluding steroid dienone is 1. The summed E-state index contributed by atoms with van der Waals surface area (Å²) in [5.41, 5.74) is 4.42. The molecule has 1 amide bonds. The molecule has 0 unspecified atom stereocenters. The number of nitrogens with one attached hydrogen (secondary N) is 1. The Morgan fingerprint density at radius 3 is 2.89 bits per heavy atom. The van der Waals surface area contributed by atoms with Crippen molar-refractivity contribution in [2.45, 2.75) is 50.5 Å². The van der Waals surface area contributed by atoms with Gasteiger partial charge >= 0.3 is 0 Å². The number of fused-ring (bicyclic) bond motifs is 2. The van der Waals surface area contributed by atoms with Crippen molar-refractivity contribution in [1.82, 2.24) is 24.8 Å². The van der Waals surface area contributed by atoms with Crippen molar-refractivity contribution < 1.29 is 13.6 Å². The van der Waals surface area contributed by atoms with Crippen LogP contribution in [-0.4, -0.2) is 37.3 Å². The van der Waals surface area contributed by atoms with Crippen LogP contribution in [0, 0.1) is 0 Å². The monoisotopic (exact) mass is 467 g/mol. The van der Waals surface area contributed by atoms with Crippen LogP contribution in [0.25, 0.3) is 17.7 Å². The Labute approximate surface area is 202 Å². The quantitative estimate of drug-likeness (QED) is 0.450. The summed E-state index contributed by atoms with van der Waals surface area (Å²) in [6, 6.07) is 7.25. The Bertz CT molecular complexity index is 1430. The number of aromatic amines is 1. The molecule has 0 aromatic carbocycles. The highest BCUT2D eigenvalue weighted by molar-refractivity contribution is 5.94. The lowest BCUT2D eigenvalue weighted by Gasteiger charge is -2.27. The molecule has 1 aliphatic heterocycles. The molecule has 7 rings (SSSR count). The third kappa shape index (κ3) is 3.51.